The van der Waals surface area contributed by atoms with Gasteiger partial charge in [-0.1, -0.05) is 19.1 Å². The molecule has 1 aliphatic rings. The van der Waals surface area contributed by atoms with E-state index >= 15 is 0 Å². The first-order chi connectivity index (χ1) is 9.03. The molecule has 1 unspecified atom stereocenters. The lowest BCUT2D eigenvalue weighted by molar-refractivity contribution is 0.0929. The fraction of sp³-hybridized carbons (Fsp3) is 0.500. The van der Waals surface area contributed by atoms with Gasteiger partial charge in [-0.2, -0.15) is 0 Å². The Morgan fingerprint density at radius 1 is 1.37 bits per heavy atom. The second-order valence-corrected chi connectivity index (χ2v) is 7.04. The Morgan fingerprint density at radius 3 is 2.74 bits per heavy atom. The summed E-state index contributed by atoms with van der Waals surface area (Å²) in [6.45, 7) is 2.54. The largest absolute Gasteiger partial charge is 0.493 e. The van der Waals surface area contributed by atoms with E-state index in [-0.39, 0.29) is 17.3 Å². The maximum Gasteiger partial charge on any atom is 0.170 e. The molecule has 104 valence electrons. The fourth-order valence-electron chi connectivity index (χ4n) is 2.23. The third kappa shape index (κ3) is 3.35. The molecule has 1 aliphatic heterocycles. The van der Waals surface area contributed by atoms with Crippen molar-refractivity contribution >= 4 is 15.6 Å². The SMILES string of the molecule is CCCOc1ccccc1C(=O)C1CCS(=O)(=O)C1. The van der Waals surface area contributed by atoms with Crippen LogP contribution in [0.4, 0.5) is 0 Å². The van der Waals surface area contributed by atoms with Gasteiger partial charge in [0, 0.05) is 5.92 Å². The van der Waals surface area contributed by atoms with Gasteiger partial charge in [0.1, 0.15) is 5.75 Å². The molecule has 0 saturated carbocycles. The number of ether oxygens (including phenoxy) is 1. The quantitative estimate of drug-likeness (QED) is 0.776. The van der Waals surface area contributed by atoms with Crippen LogP contribution in [-0.4, -0.2) is 32.3 Å². The summed E-state index contributed by atoms with van der Waals surface area (Å²) in [4.78, 5) is 12.4. The maximum absolute atomic E-state index is 12.4. The lowest BCUT2D eigenvalue weighted by atomic mass is 9.96. The number of rotatable bonds is 5. The summed E-state index contributed by atoms with van der Waals surface area (Å²) in [5.41, 5.74) is 0.498. The summed E-state index contributed by atoms with van der Waals surface area (Å²) in [7, 11) is -3.04. The molecule has 0 aromatic heterocycles. The summed E-state index contributed by atoms with van der Waals surface area (Å²) in [6, 6.07) is 7.05. The van der Waals surface area contributed by atoms with E-state index in [0.29, 0.717) is 24.3 Å². The Balaban J connectivity index is 2.19. The Hall–Kier alpha value is -1.36. The van der Waals surface area contributed by atoms with E-state index in [9.17, 15) is 13.2 Å². The lowest BCUT2D eigenvalue weighted by Crippen LogP contribution is -2.17. The molecule has 2 rings (SSSR count). The average molecular weight is 282 g/mol. The Kier molecular flexibility index (Phi) is 4.24. The molecule has 19 heavy (non-hydrogen) atoms. The van der Waals surface area contributed by atoms with E-state index in [1.807, 2.05) is 13.0 Å². The zero-order valence-electron chi connectivity index (χ0n) is 11.0. The summed E-state index contributed by atoms with van der Waals surface area (Å²) >= 11 is 0. The molecule has 4 nitrogen and oxygen atoms in total. The van der Waals surface area contributed by atoms with Gasteiger partial charge >= 0.3 is 0 Å². The van der Waals surface area contributed by atoms with E-state index < -0.39 is 15.8 Å². The van der Waals surface area contributed by atoms with Crippen LogP contribution in [0.2, 0.25) is 0 Å². The van der Waals surface area contributed by atoms with E-state index in [1.165, 1.54) is 0 Å². The molecule has 1 aromatic carbocycles. The van der Waals surface area contributed by atoms with Crippen LogP contribution < -0.4 is 4.74 Å². The van der Waals surface area contributed by atoms with Crippen LogP contribution in [0.25, 0.3) is 0 Å². The first-order valence-corrected chi connectivity index (χ1v) is 8.32. The van der Waals surface area contributed by atoms with E-state index in [1.54, 1.807) is 18.2 Å². The van der Waals surface area contributed by atoms with Crippen LogP contribution in [-0.2, 0) is 9.84 Å². The topological polar surface area (TPSA) is 60.4 Å². The standard InChI is InChI=1S/C14H18O4S/c1-2-8-18-13-6-4-3-5-12(13)14(15)11-7-9-19(16,17)10-11/h3-6,11H,2,7-10H2,1H3. The summed E-state index contributed by atoms with van der Waals surface area (Å²) < 4.78 is 28.4. The number of sulfone groups is 1. The van der Waals surface area contributed by atoms with Crippen molar-refractivity contribution in [3.05, 3.63) is 29.8 Å². The van der Waals surface area contributed by atoms with Gasteiger partial charge in [-0.25, -0.2) is 8.42 Å². The minimum absolute atomic E-state index is 0.0338. The second kappa shape index (κ2) is 5.74. The van der Waals surface area contributed by atoms with Crippen LogP contribution in [0.1, 0.15) is 30.1 Å². The van der Waals surface area contributed by atoms with Crippen LogP contribution >= 0.6 is 0 Å². The van der Waals surface area contributed by atoms with Crippen molar-refractivity contribution in [3.8, 4) is 5.75 Å². The van der Waals surface area contributed by atoms with E-state index in [2.05, 4.69) is 0 Å². The second-order valence-electron chi connectivity index (χ2n) is 4.81. The van der Waals surface area contributed by atoms with Crippen LogP contribution in [0, 0.1) is 5.92 Å². The van der Waals surface area contributed by atoms with Gasteiger partial charge in [0.2, 0.25) is 0 Å². The number of carbonyl (C=O) groups excluding carboxylic acids is 1. The van der Waals surface area contributed by atoms with Gasteiger partial charge in [-0.3, -0.25) is 4.79 Å². The third-order valence-electron chi connectivity index (χ3n) is 3.22. The van der Waals surface area contributed by atoms with Gasteiger partial charge in [0.25, 0.3) is 0 Å². The van der Waals surface area contributed by atoms with Crippen molar-refractivity contribution in [2.75, 3.05) is 18.1 Å². The van der Waals surface area contributed by atoms with Gasteiger partial charge < -0.3 is 4.74 Å². The highest BCUT2D eigenvalue weighted by molar-refractivity contribution is 7.91. The monoisotopic (exact) mass is 282 g/mol. The van der Waals surface area contributed by atoms with Crippen molar-refractivity contribution in [3.63, 3.8) is 0 Å². The molecule has 1 saturated heterocycles. The Bertz CT molecular complexity index is 563. The van der Waals surface area contributed by atoms with Gasteiger partial charge in [0.15, 0.2) is 15.6 Å². The maximum atomic E-state index is 12.4. The highest BCUT2D eigenvalue weighted by atomic mass is 32.2. The molecule has 0 bridgehead atoms. The van der Waals surface area contributed by atoms with Gasteiger partial charge in [0.05, 0.1) is 23.7 Å². The molecule has 0 aliphatic carbocycles. The van der Waals surface area contributed by atoms with Gasteiger partial charge in [-0.15, -0.1) is 0 Å². The van der Waals surface area contributed by atoms with Crippen LogP contribution in [0.3, 0.4) is 0 Å². The number of carbonyl (C=O) groups is 1. The zero-order valence-corrected chi connectivity index (χ0v) is 11.8. The van der Waals surface area contributed by atoms with Gasteiger partial charge in [-0.05, 0) is 25.0 Å². The number of ketones is 1. The highest BCUT2D eigenvalue weighted by Gasteiger charge is 2.34. The summed E-state index contributed by atoms with van der Waals surface area (Å²) in [5, 5.41) is 0. The lowest BCUT2D eigenvalue weighted by Gasteiger charge is -2.12. The molecule has 1 atom stereocenters. The summed E-state index contributed by atoms with van der Waals surface area (Å²) in [5.74, 6) is 0.0952. The number of hydrogen-bond donors (Lipinski definition) is 0. The first-order valence-electron chi connectivity index (χ1n) is 6.50. The molecule has 5 heteroatoms. The predicted molar refractivity (Wildman–Crippen MR) is 73.3 cm³/mol. The molecule has 0 spiro atoms. The van der Waals surface area contributed by atoms with Crippen molar-refractivity contribution in [2.24, 2.45) is 5.92 Å². The first kappa shape index (κ1) is 14.1. The van der Waals surface area contributed by atoms with Crippen molar-refractivity contribution in [1.29, 1.82) is 0 Å². The Labute approximate surface area is 113 Å². The average Bonchev–Trinajstić information content (AvgIpc) is 2.76. The Morgan fingerprint density at radius 2 is 2.11 bits per heavy atom. The van der Waals surface area contributed by atoms with Crippen molar-refractivity contribution in [1.82, 2.24) is 0 Å². The third-order valence-corrected chi connectivity index (χ3v) is 4.99. The molecule has 1 heterocycles. The van der Waals surface area contributed by atoms with Crippen LogP contribution in [0.5, 0.6) is 5.75 Å². The normalized spacial score (nSPS) is 21.2. The highest BCUT2D eigenvalue weighted by Crippen LogP contribution is 2.27. The van der Waals surface area contributed by atoms with E-state index in [0.717, 1.165) is 6.42 Å². The smallest absolute Gasteiger partial charge is 0.170 e. The fourth-order valence-corrected chi connectivity index (χ4v) is 3.97. The molecule has 1 fully saturated rings. The minimum atomic E-state index is -3.04. The number of hydrogen-bond acceptors (Lipinski definition) is 4. The van der Waals surface area contributed by atoms with Crippen molar-refractivity contribution in [2.45, 2.75) is 19.8 Å². The number of Topliss-reactive ketones (excluding diaryl/α,β-unsaturated/α-hetero) is 1. The molecular weight excluding hydrogens is 264 g/mol. The minimum Gasteiger partial charge on any atom is -0.493 e. The van der Waals surface area contributed by atoms with E-state index in [4.69, 9.17) is 4.74 Å². The number of para-hydroxylation sites is 1. The molecule has 0 N–H and O–H groups in total. The number of benzene rings is 1. The molecule has 0 amide bonds. The zero-order chi connectivity index (χ0) is 13.9. The molecule has 0 radical (unpaired) electrons. The molecular formula is C14H18O4S. The van der Waals surface area contributed by atoms with Crippen molar-refractivity contribution < 1.29 is 17.9 Å². The summed E-state index contributed by atoms with van der Waals surface area (Å²) in [6.07, 6.45) is 1.28. The predicted octanol–water partition coefficient (Wildman–Crippen LogP) is 2.09. The molecule has 1 aromatic rings. The van der Waals surface area contributed by atoms with Crippen LogP contribution in [0.15, 0.2) is 24.3 Å².